The molecule has 2 aromatic rings. The summed E-state index contributed by atoms with van der Waals surface area (Å²) in [6.45, 7) is 3.84. The quantitative estimate of drug-likeness (QED) is 0.408. The van der Waals surface area contributed by atoms with Crippen molar-refractivity contribution in [1.29, 1.82) is 0 Å². The molecule has 0 spiro atoms. The molecule has 11 heteroatoms. The number of methoxy groups -OCH3 is 3. The van der Waals surface area contributed by atoms with Gasteiger partial charge in [-0.25, -0.2) is 9.59 Å². The summed E-state index contributed by atoms with van der Waals surface area (Å²) in [5.41, 5.74) is 1.62. The van der Waals surface area contributed by atoms with E-state index in [2.05, 4.69) is 0 Å². The number of benzene rings is 2. The molecule has 1 heterocycles. The summed E-state index contributed by atoms with van der Waals surface area (Å²) >= 11 is 0. The fourth-order valence-electron chi connectivity index (χ4n) is 4.30. The fraction of sp³-hybridized carbons (Fsp3) is 0.417. The molecule has 0 bridgehead atoms. The summed E-state index contributed by atoms with van der Waals surface area (Å²) in [5.74, 6) is 0.839. The van der Waals surface area contributed by atoms with Crippen LogP contribution in [-0.4, -0.2) is 56.0 Å². The van der Waals surface area contributed by atoms with Gasteiger partial charge in [0, 0.05) is 36.3 Å². The number of fused-ring (bicyclic) bond motifs is 1. The monoisotopic (exact) mass is 487 g/mol. The molecule has 2 amide bonds. The molecule has 2 aromatic carbocycles. The average molecular weight is 488 g/mol. The summed E-state index contributed by atoms with van der Waals surface area (Å²) in [5, 5.41) is 11.2. The highest BCUT2D eigenvalue weighted by Crippen LogP contribution is 2.46. The lowest BCUT2D eigenvalue weighted by molar-refractivity contribution is -0.384. The van der Waals surface area contributed by atoms with Crippen molar-refractivity contribution in [2.45, 2.75) is 38.9 Å². The molecule has 0 saturated heterocycles. The summed E-state index contributed by atoms with van der Waals surface area (Å²) in [6, 6.07) is 8.60. The predicted molar refractivity (Wildman–Crippen MR) is 127 cm³/mol. The zero-order valence-corrected chi connectivity index (χ0v) is 20.3. The Labute approximate surface area is 203 Å². The molecule has 0 fully saturated rings. The van der Waals surface area contributed by atoms with Gasteiger partial charge in [-0.2, -0.15) is 0 Å². The van der Waals surface area contributed by atoms with Crippen LogP contribution in [0.3, 0.4) is 0 Å². The molecule has 0 radical (unpaired) electrons. The van der Waals surface area contributed by atoms with Gasteiger partial charge in [-0.15, -0.1) is 0 Å². The van der Waals surface area contributed by atoms with Crippen molar-refractivity contribution in [2.24, 2.45) is 0 Å². The molecule has 0 aromatic heterocycles. The molecule has 1 aliphatic heterocycles. The highest BCUT2D eigenvalue weighted by molar-refractivity contribution is 5.91. The van der Waals surface area contributed by atoms with Gasteiger partial charge in [0.25, 0.3) is 5.69 Å². The number of nitrogens with zero attached hydrogens (tertiary/aromatic N) is 3. The van der Waals surface area contributed by atoms with E-state index < -0.39 is 23.2 Å². The van der Waals surface area contributed by atoms with Gasteiger partial charge in [0.1, 0.15) is 0 Å². The predicted octanol–water partition coefficient (Wildman–Crippen LogP) is 4.68. The number of amides is 2. The number of carbonyl (C=O) groups excluding carboxylic acids is 2. The number of hydrogen-bond acceptors (Lipinski definition) is 8. The Bertz CT molecular complexity index is 1110. The van der Waals surface area contributed by atoms with Crippen molar-refractivity contribution in [3.8, 4) is 11.5 Å². The van der Waals surface area contributed by atoms with Gasteiger partial charge < -0.3 is 18.9 Å². The van der Waals surface area contributed by atoms with Crippen molar-refractivity contribution in [1.82, 2.24) is 4.90 Å². The lowest BCUT2D eigenvalue weighted by Gasteiger charge is -2.42. The number of anilines is 1. The zero-order valence-electron chi connectivity index (χ0n) is 20.3. The van der Waals surface area contributed by atoms with Crippen molar-refractivity contribution in [3.05, 3.63) is 57.6 Å². The van der Waals surface area contributed by atoms with Crippen molar-refractivity contribution in [2.75, 3.05) is 32.8 Å². The first-order valence-electron chi connectivity index (χ1n) is 11.0. The van der Waals surface area contributed by atoms with Crippen molar-refractivity contribution < 1.29 is 33.5 Å². The van der Waals surface area contributed by atoms with E-state index in [4.69, 9.17) is 18.9 Å². The first-order valence-corrected chi connectivity index (χ1v) is 11.0. The molecule has 0 N–H and O–H groups in total. The van der Waals surface area contributed by atoms with E-state index in [9.17, 15) is 19.7 Å². The minimum absolute atomic E-state index is 0.0545. The standard InChI is InChI=1S/C24H29N3O8/c1-6-35-24(29)26-15(2)10-19(18-12-21(32-3)22(33-4)13-20(18)26)25(23(28)34-5)14-16-8-7-9-17(11-16)27(30)31/h7-9,11-13,15,19H,6,10,14H2,1-5H3/t15-,19+/m1/s1. The largest absolute Gasteiger partial charge is 0.493 e. The van der Waals surface area contributed by atoms with Crippen molar-refractivity contribution in [3.63, 3.8) is 0 Å². The molecular weight excluding hydrogens is 458 g/mol. The van der Waals surface area contributed by atoms with E-state index in [0.717, 1.165) is 0 Å². The Balaban J connectivity index is 2.14. The van der Waals surface area contributed by atoms with Gasteiger partial charge >= 0.3 is 12.2 Å². The maximum atomic E-state index is 13.0. The van der Waals surface area contributed by atoms with E-state index >= 15 is 0 Å². The van der Waals surface area contributed by atoms with Crippen LogP contribution in [0.25, 0.3) is 0 Å². The Morgan fingerprint density at radius 2 is 1.83 bits per heavy atom. The summed E-state index contributed by atoms with van der Waals surface area (Å²) < 4.78 is 21.3. The molecule has 3 rings (SSSR count). The summed E-state index contributed by atoms with van der Waals surface area (Å²) in [6.07, 6.45) is -0.764. The van der Waals surface area contributed by atoms with Crippen molar-refractivity contribution >= 4 is 23.6 Å². The maximum absolute atomic E-state index is 13.0. The van der Waals surface area contributed by atoms with Gasteiger partial charge in [0.15, 0.2) is 11.5 Å². The van der Waals surface area contributed by atoms with Crippen LogP contribution in [0.15, 0.2) is 36.4 Å². The number of carbonyl (C=O) groups is 2. The highest BCUT2D eigenvalue weighted by atomic mass is 16.6. The lowest BCUT2D eigenvalue weighted by atomic mass is 9.90. The SMILES string of the molecule is CCOC(=O)N1c2cc(OC)c(OC)cc2[C@@H](N(Cc2cccc([N+](=O)[O-])c2)C(=O)OC)C[C@H]1C. The fourth-order valence-corrected chi connectivity index (χ4v) is 4.30. The van der Waals surface area contributed by atoms with Gasteiger partial charge in [-0.05, 0) is 31.9 Å². The van der Waals surface area contributed by atoms with E-state index in [-0.39, 0.29) is 24.9 Å². The third-order valence-corrected chi connectivity index (χ3v) is 5.88. The van der Waals surface area contributed by atoms with E-state index in [1.165, 1.54) is 43.3 Å². The molecule has 2 atom stereocenters. The van der Waals surface area contributed by atoms with Crippen LogP contribution < -0.4 is 14.4 Å². The molecule has 0 unspecified atom stereocenters. The average Bonchev–Trinajstić information content (AvgIpc) is 2.85. The van der Waals surface area contributed by atoms with Crippen LogP contribution in [0.2, 0.25) is 0 Å². The molecule has 35 heavy (non-hydrogen) atoms. The van der Waals surface area contributed by atoms with E-state index in [1.807, 2.05) is 6.92 Å². The number of nitro benzene ring substituents is 1. The highest BCUT2D eigenvalue weighted by Gasteiger charge is 2.40. The second-order valence-corrected chi connectivity index (χ2v) is 7.96. The summed E-state index contributed by atoms with van der Waals surface area (Å²) in [4.78, 5) is 39.6. The molecular formula is C24H29N3O8. The molecule has 0 aliphatic carbocycles. The van der Waals surface area contributed by atoms with Gasteiger partial charge in [0.2, 0.25) is 0 Å². The Morgan fingerprint density at radius 3 is 2.43 bits per heavy atom. The van der Waals surface area contributed by atoms with Gasteiger partial charge in [-0.3, -0.25) is 19.9 Å². The van der Waals surface area contributed by atoms with Crippen LogP contribution in [0, 0.1) is 10.1 Å². The molecule has 1 aliphatic rings. The van der Waals surface area contributed by atoms with Crippen LogP contribution in [0.4, 0.5) is 21.0 Å². The zero-order chi connectivity index (χ0) is 25.7. The molecule has 0 saturated carbocycles. The third kappa shape index (κ3) is 5.23. The smallest absolute Gasteiger partial charge is 0.414 e. The maximum Gasteiger partial charge on any atom is 0.414 e. The number of nitro groups is 1. The molecule has 11 nitrogen and oxygen atoms in total. The number of non-ortho nitro benzene ring substituents is 1. The first-order chi connectivity index (χ1) is 16.7. The topological polar surface area (TPSA) is 121 Å². The minimum atomic E-state index is -0.612. The second-order valence-electron chi connectivity index (χ2n) is 7.96. The van der Waals surface area contributed by atoms with Crippen LogP contribution in [-0.2, 0) is 16.0 Å². The van der Waals surface area contributed by atoms with Gasteiger partial charge in [0.05, 0.1) is 44.6 Å². The normalized spacial score (nSPS) is 16.7. The summed E-state index contributed by atoms with van der Waals surface area (Å²) in [7, 11) is 4.26. The Kier molecular flexibility index (Phi) is 8.00. The van der Waals surface area contributed by atoms with E-state index in [0.29, 0.717) is 34.7 Å². The Morgan fingerprint density at radius 1 is 1.14 bits per heavy atom. The molecule has 188 valence electrons. The lowest BCUT2D eigenvalue weighted by Crippen LogP contribution is -2.47. The number of ether oxygens (including phenoxy) is 4. The second kappa shape index (κ2) is 10.9. The number of rotatable bonds is 7. The van der Waals surface area contributed by atoms with E-state index in [1.54, 1.807) is 31.2 Å². The number of hydrogen-bond donors (Lipinski definition) is 0. The Hall–Kier alpha value is -4.02. The van der Waals surface area contributed by atoms with Gasteiger partial charge in [-0.1, -0.05) is 12.1 Å². The van der Waals surface area contributed by atoms with Crippen LogP contribution in [0.1, 0.15) is 37.4 Å². The van der Waals surface area contributed by atoms with Crippen LogP contribution in [0.5, 0.6) is 11.5 Å². The minimum Gasteiger partial charge on any atom is -0.493 e. The third-order valence-electron chi connectivity index (χ3n) is 5.88. The first kappa shape index (κ1) is 25.6. The van der Waals surface area contributed by atoms with Crippen LogP contribution >= 0.6 is 0 Å².